The fourth-order valence-corrected chi connectivity index (χ4v) is 3.62. The highest BCUT2D eigenvalue weighted by molar-refractivity contribution is 5.98. The molecule has 1 aromatic heterocycles. The molecule has 3 aromatic carbocycles. The summed E-state index contributed by atoms with van der Waals surface area (Å²) in [5, 5.41) is 3.05. The molecule has 0 atom stereocenters. The first-order valence-electron chi connectivity index (χ1n) is 10.4. The van der Waals surface area contributed by atoms with Crippen LogP contribution in [0.5, 0.6) is 0 Å². The number of aromatic nitrogens is 1. The van der Waals surface area contributed by atoms with Crippen LogP contribution in [-0.4, -0.2) is 17.4 Å². The van der Waals surface area contributed by atoms with Crippen LogP contribution < -0.4 is 5.32 Å². The number of nitrogens with zero attached hydrogens (tertiary/aromatic N) is 1. The van der Waals surface area contributed by atoms with Crippen molar-refractivity contribution >= 4 is 22.9 Å². The number of nitrogens with one attached hydrogen (secondary N) is 1. The Kier molecular flexibility index (Phi) is 6.27. The Balaban J connectivity index is 1.67. The van der Waals surface area contributed by atoms with Gasteiger partial charge in [-0.05, 0) is 47.4 Å². The molecule has 0 aliphatic carbocycles. The molecule has 0 saturated heterocycles. The standard InChI is InChI=1S/C27H21F3N2O/c1-18-15-24(26(33)31-14-8-11-19-9-4-2-5-10-19)32-25-22(18)16-21(17-23(25)27(28,29)30)20-12-6-3-7-13-20/h2-13,15-17H,14H2,1H3,(H,31,33)/b11-8+. The summed E-state index contributed by atoms with van der Waals surface area (Å²) in [5.74, 6) is -0.530. The third-order valence-corrected chi connectivity index (χ3v) is 5.26. The highest BCUT2D eigenvalue weighted by atomic mass is 19.4. The van der Waals surface area contributed by atoms with Gasteiger partial charge in [-0.25, -0.2) is 4.98 Å². The molecular weight excluding hydrogens is 425 g/mol. The maximum atomic E-state index is 13.9. The molecule has 0 fully saturated rings. The van der Waals surface area contributed by atoms with Crippen molar-refractivity contribution in [2.45, 2.75) is 13.1 Å². The van der Waals surface area contributed by atoms with Crippen molar-refractivity contribution in [2.24, 2.45) is 0 Å². The smallest absolute Gasteiger partial charge is 0.347 e. The number of benzene rings is 3. The average Bonchev–Trinajstić information content (AvgIpc) is 2.81. The first-order chi connectivity index (χ1) is 15.8. The van der Waals surface area contributed by atoms with Crippen LogP contribution in [0.4, 0.5) is 13.2 Å². The number of rotatable bonds is 5. The number of hydrogen-bond donors (Lipinski definition) is 1. The summed E-state index contributed by atoms with van der Waals surface area (Å²) in [4.78, 5) is 16.7. The second-order valence-electron chi connectivity index (χ2n) is 7.63. The molecule has 0 spiro atoms. The first-order valence-corrected chi connectivity index (χ1v) is 10.4. The highest BCUT2D eigenvalue weighted by Gasteiger charge is 2.34. The predicted octanol–water partition coefficient (Wildman–Crippen LogP) is 6.67. The van der Waals surface area contributed by atoms with Crippen molar-refractivity contribution in [3.8, 4) is 11.1 Å². The number of halogens is 3. The van der Waals surface area contributed by atoms with Gasteiger partial charge in [-0.15, -0.1) is 0 Å². The second kappa shape index (κ2) is 9.28. The molecule has 1 heterocycles. The number of amides is 1. The van der Waals surface area contributed by atoms with Gasteiger partial charge in [0, 0.05) is 11.9 Å². The lowest BCUT2D eigenvalue weighted by Crippen LogP contribution is -2.24. The lowest BCUT2D eigenvalue weighted by atomic mass is 9.96. The number of pyridine rings is 1. The summed E-state index contributed by atoms with van der Waals surface area (Å²) in [6, 6.07) is 22.7. The van der Waals surface area contributed by atoms with E-state index >= 15 is 0 Å². The zero-order chi connectivity index (χ0) is 23.4. The summed E-state index contributed by atoms with van der Waals surface area (Å²) in [7, 11) is 0. The van der Waals surface area contributed by atoms with Gasteiger partial charge >= 0.3 is 6.18 Å². The average molecular weight is 446 g/mol. The molecule has 33 heavy (non-hydrogen) atoms. The summed E-state index contributed by atoms with van der Waals surface area (Å²) >= 11 is 0. The number of carbonyl (C=O) groups excluding carboxylic acids is 1. The Labute approximate surface area is 189 Å². The minimum Gasteiger partial charge on any atom is -0.347 e. The van der Waals surface area contributed by atoms with Crippen molar-refractivity contribution in [2.75, 3.05) is 6.54 Å². The van der Waals surface area contributed by atoms with Crippen LogP contribution in [0.3, 0.4) is 0 Å². The van der Waals surface area contributed by atoms with Crippen LogP contribution in [-0.2, 0) is 6.18 Å². The molecule has 4 aromatic rings. The van der Waals surface area contributed by atoms with Gasteiger partial charge in [0.25, 0.3) is 5.91 Å². The monoisotopic (exact) mass is 446 g/mol. The van der Waals surface area contributed by atoms with Crippen molar-refractivity contribution in [1.29, 1.82) is 0 Å². The Morgan fingerprint density at radius 2 is 1.61 bits per heavy atom. The largest absolute Gasteiger partial charge is 0.418 e. The first kappa shape index (κ1) is 22.3. The van der Waals surface area contributed by atoms with E-state index in [1.54, 1.807) is 43.3 Å². The van der Waals surface area contributed by atoms with Crippen LogP contribution in [0.25, 0.3) is 28.1 Å². The van der Waals surface area contributed by atoms with Gasteiger partial charge in [0.1, 0.15) is 5.69 Å². The lowest BCUT2D eigenvalue weighted by Gasteiger charge is -2.15. The Morgan fingerprint density at radius 3 is 2.27 bits per heavy atom. The zero-order valence-corrected chi connectivity index (χ0v) is 17.9. The summed E-state index contributed by atoms with van der Waals surface area (Å²) in [6.07, 6.45) is -0.989. The van der Waals surface area contributed by atoms with Gasteiger partial charge in [-0.2, -0.15) is 13.2 Å². The van der Waals surface area contributed by atoms with Crippen LogP contribution in [0.2, 0.25) is 0 Å². The third-order valence-electron chi connectivity index (χ3n) is 5.26. The molecule has 0 saturated carbocycles. The number of carbonyl (C=O) groups is 1. The van der Waals surface area contributed by atoms with Gasteiger partial charge in [-0.3, -0.25) is 4.79 Å². The van der Waals surface area contributed by atoms with E-state index in [1.807, 2.05) is 42.5 Å². The quantitative estimate of drug-likeness (QED) is 0.372. The van der Waals surface area contributed by atoms with Crippen molar-refractivity contribution in [3.63, 3.8) is 0 Å². The summed E-state index contributed by atoms with van der Waals surface area (Å²) in [5.41, 5.74) is 1.52. The molecule has 166 valence electrons. The third kappa shape index (κ3) is 5.12. The topological polar surface area (TPSA) is 42.0 Å². The molecule has 0 radical (unpaired) electrons. The van der Waals surface area contributed by atoms with E-state index in [4.69, 9.17) is 0 Å². The summed E-state index contributed by atoms with van der Waals surface area (Å²) < 4.78 is 41.8. The van der Waals surface area contributed by atoms with Gasteiger partial charge in [-0.1, -0.05) is 72.8 Å². The lowest BCUT2D eigenvalue weighted by molar-refractivity contribution is -0.136. The Morgan fingerprint density at radius 1 is 0.939 bits per heavy atom. The van der Waals surface area contributed by atoms with E-state index in [0.29, 0.717) is 22.1 Å². The van der Waals surface area contributed by atoms with Crippen LogP contribution >= 0.6 is 0 Å². The van der Waals surface area contributed by atoms with Crippen molar-refractivity contribution < 1.29 is 18.0 Å². The molecule has 0 aliphatic rings. The van der Waals surface area contributed by atoms with Crippen molar-refractivity contribution in [3.05, 3.63) is 107 Å². The molecule has 1 N–H and O–H groups in total. The van der Waals surface area contributed by atoms with Gasteiger partial charge < -0.3 is 5.32 Å². The predicted molar refractivity (Wildman–Crippen MR) is 125 cm³/mol. The second-order valence-corrected chi connectivity index (χ2v) is 7.63. The van der Waals surface area contributed by atoms with E-state index in [-0.39, 0.29) is 17.8 Å². The minimum absolute atomic E-state index is 0.0499. The van der Waals surface area contributed by atoms with Crippen LogP contribution in [0.1, 0.15) is 27.2 Å². The van der Waals surface area contributed by atoms with E-state index in [2.05, 4.69) is 10.3 Å². The molecule has 0 aliphatic heterocycles. The molecule has 6 heteroatoms. The van der Waals surface area contributed by atoms with Crippen LogP contribution in [0.15, 0.2) is 84.9 Å². The number of alkyl halides is 3. The van der Waals surface area contributed by atoms with E-state index in [0.717, 1.165) is 11.6 Å². The fraction of sp³-hybridized carbons (Fsp3) is 0.111. The number of fused-ring (bicyclic) bond motifs is 1. The van der Waals surface area contributed by atoms with Gasteiger partial charge in [0.05, 0.1) is 11.1 Å². The Bertz CT molecular complexity index is 1310. The fourth-order valence-electron chi connectivity index (χ4n) is 3.62. The van der Waals surface area contributed by atoms with Gasteiger partial charge in [0.2, 0.25) is 0 Å². The minimum atomic E-state index is -4.62. The van der Waals surface area contributed by atoms with Crippen molar-refractivity contribution in [1.82, 2.24) is 10.3 Å². The zero-order valence-electron chi connectivity index (χ0n) is 17.9. The normalized spacial score (nSPS) is 11.8. The Hall–Kier alpha value is -3.93. The molecule has 0 bridgehead atoms. The molecule has 3 nitrogen and oxygen atoms in total. The van der Waals surface area contributed by atoms with E-state index < -0.39 is 17.6 Å². The van der Waals surface area contributed by atoms with E-state index in [9.17, 15) is 18.0 Å². The molecule has 4 rings (SSSR count). The molecular formula is C27H21F3N2O. The maximum Gasteiger partial charge on any atom is 0.418 e. The summed E-state index contributed by atoms with van der Waals surface area (Å²) in [6.45, 7) is 1.91. The maximum absolute atomic E-state index is 13.9. The number of aryl methyl sites for hydroxylation is 1. The highest BCUT2D eigenvalue weighted by Crippen LogP contribution is 2.38. The van der Waals surface area contributed by atoms with Crippen LogP contribution in [0, 0.1) is 6.92 Å². The molecule has 1 amide bonds. The SMILES string of the molecule is Cc1cc(C(=O)NC/C=C/c2ccccc2)nc2c(C(F)(F)F)cc(-c3ccccc3)cc12. The van der Waals surface area contributed by atoms with Gasteiger partial charge in [0.15, 0.2) is 0 Å². The number of hydrogen-bond acceptors (Lipinski definition) is 2. The van der Waals surface area contributed by atoms with E-state index in [1.165, 1.54) is 6.07 Å². The molecule has 0 unspecified atom stereocenters.